The minimum absolute atomic E-state index is 0.199. The van der Waals surface area contributed by atoms with E-state index in [4.69, 9.17) is 4.74 Å². The second-order valence-corrected chi connectivity index (χ2v) is 4.97. The summed E-state index contributed by atoms with van der Waals surface area (Å²) in [5.74, 6) is 0.728. The fourth-order valence-electron chi connectivity index (χ4n) is 2.01. The van der Waals surface area contributed by atoms with Crippen molar-refractivity contribution in [2.24, 2.45) is 0 Å². The first-order valence-corrected chi connectivity index (χ1v) is 6.99. The largest absolute Gasteiger partial charge is 0.497 e. The van der Waals surface area contributed by atoms with Crippen LogP contribution >= 0.6 is 0 Å². The number of benzene rings is 2. The number of nitrogens with one attached hydrogen (secondary N) is 1. The molecule has 0 fully saturated rings. The average Bonchev–Trinajstić information content (AvgIpc) is 2.55. The maximum atomic E-state index is 12.1. The number of para-hydroxylation sites is 1. The van der Waals surface area contributed by atoms with Gasteiger partial charge in [0.1, 0.15) is 5.75 Å². The van der Waals surface area contributed by atoms with Crippen LogP contribution in [0.15, 0.2) is 54.6 Å². The number of ether oxygens (including phenoxy) is 1. The van der Waals surface area contributed by atoms with E-state index in [1.54, 1.807) is 38.4 Å². The molecule has 2 aromatic carbocycles. The Balaban J connectivity index is 1.92. The SMILES string of the molecule is COc1ccc(C(O)CN(C)C(=O)Nc2ccccc2)cc1. The number of hydrogen-bond acceptors (Lipinski definition) is 3. The van der Waals surface area contributed by atoms with Crippen molar-refractivity contribution in [3.05, 3.63) is 60.2 Å². The Morgan fingerprint density at radius 3 is 2.41 bits per heavy atom. The summed E-state index contributed by atoms with van der Waals surface area (Å²) >= 11 is 0. The molecule has 0 spiro atoms. The highest BCUT2D eigenvalue weighted by atomic mass is 16.5. The second kappa shape index (κ2) is 7.47. The summed E-state index contributed by atoms with van der Waals surface area (Å²) in [6.45, 7) is 0.199. The molecule has 0 aromatic heterocycles. The van der Waals surface area contributed by atoms with E-state index in [0.717, 1.165) is 17.0 Å². The van der Waals surface area contributed by atoms with Gasteiger partial charge >= 0.3 is 6.03 Å². The van der Waals surface area contributed by atoms with E-state index in [2.05, 4.69) is 5.32 Å². The Morgan fingerprint density at radius 1 is 1.18 bits per heavy atom. The molecule has 22 heavy (non-hydrogen) atoms. The molecule has 0 aliphatic heterocycles. The van der Waals surface area contributed by atoms with Crippen LogP contribution in [-0.2, 0) is 0 Å². The Hall–Kier alpha value is -2.53. The van der Waals surface area contributed by atoms with Crippen molar-refractivity contribution in [1.29, 1.82) is 0 Å². The van der Waals surface area contributed by atoms with Crippen LogP contribution in [-0.4, -0.2) is 36.7 Å². The van der Waals surface area contributed by atoms with Gasteiger partial charge in [-0.05, 0) is 29.8 Å². The summed E-state index contributed by atoms with van der Waals surface area (Å²) in [5, 5.41) is 13.0. The monoisotopic (exact) mass is 300 g/mol. The van der Waals surface area contributed by atoms with Crippen molar-refractivity contribution in [2.75, 3.05) is 26.0 Å². The van der Waals surface area contributed by atoms with Crippen molar-refractivity contribution < 1.29 is 14.6 Å². The van der Waals surface area contributed by atoms with Crippen molar-refractivity contribution >= 4 is 11.7 Å². The molecule has 5 nitrogen and oxygen atoms in total. The minimum atomic E-state index is -0.752. The molecule has 2 rings (SSSR count). The molecule has 116 valence electrons. The van der Waals surface area contributed by atoms with E-state index < -0.39 is 6.10 Å². The van der Waals surface area contributed by atoms with Crippen molar-refractivity contribution in [3.8, 4) is 5.75 Å². The number of nitrogens with zero attached hydrogens (tertiary/aromatic N) is 1. The van der Waals surface area contributed by atoms with Crippen LogP contribution in [0.4, 0.5) is 10.5 Å². The zero-order chi connectivity index (χ0) is 15.9. The molecule has 0 aliphatic rings. The summed E-state index contributed by atoms with van der Waals surface area (Å²) in [6, 6.07) is 16.1. The molecular weight excluding hydrogens is 280 g/mol. The first kappa shape index (κ1) is 15.9. The van der Waals surface area contributed by atoms with Gasteiger partial charge in [-0.3, -0.25) is 0 Å². The van der Waals surface area contributed by atoms with Gasteiger partial charge in [-0.25, -0.2) is 4.79 Å². The van der Waals surface area contributed by atoms with Gasteiger partial charge in [0, 0.05) is 12.7 Å². The third-order valence-corrected chi connectivity index (χ3v) is 3.32. The van der Waals surface area contributed by atoms with Crippen molar-refractivity contribution in [2.45, 2.75) is 6.10 Å². The van der Waals surface area contributed by atoms with Gasteiger partial charge in [0.05, 0.1) is 19.8 Å². The first-order valence-electron chi connectivity index (χ1n) is 6.99. The molecule has 0 heterocycles. The fraction of sp³-hybridized carbons (Fsp3) is 0.235. The highest BCUT2D eigenvalue weighted by Gasteiger charge is 2.15. The molecule has 2 amide bonds. The van der Waals surface area contributed by atoms with Gasteiger partial charge in [-0.15, -0.1) is 0 Å². The number of aliphatic hydroxyl groups excluding tert-OH is 1. The number of rotatable bonds is 5. The second-order valence-electron chi connectivity index (χ2n) is 4.97. The first-order chi connectivity index (χ1) is 10.6. The summed E-state index contributed by atoms with van der Waals surface area (Å²) in [6.07, 6.45) is -0.752. The maximum absolute atomic E-state index is 12.1. The lowest BCUT2D eigenvalue weighted by Crippen LogP contribution is -2.34. The molecule has 0 saturated carbocycles. The maximum Gasteiger partial charge on any atom is 0.321 e. The van der Waals surface area contributed by atoms with Gasteiger partial charge in [0.15, 0.2) is 0 Å². The number of carbonyl (C=O) groups is 1. The Bertz CT molecular complexity index is 599. The van der Waals surface area contributed by atoms with Crippen LogP contribution in [0.1, 0.15) is 11.7 Å². The average molecular weight is 300 g/mol. The molecule has 5 heteroatoms. The molecule has 1 atom stereocenters. The highest BCUT2D eigenvalue weighted by Crippen LogP contribution is 2.18. The van der Waals surface area contributed by atoms with Crippen LogP contribution in [0.2, 0.25) is 0 Å². The van der Waals surface area contributed by atoms with Crippen LogP contribution < -0.4 is 10.1 Å². The molecule has 0 radical (unpaired) electrons. The number of urea groups is 1. The smallest absolute Gasteiger partial charge is 0.321 e. The van der Waals surface area contributed by atoms with Gasteiger partial charge in [0.25, 0.3) is 0 Å². The molecule has 2 N–H and O–H groups in total. The third-order valence-electron chi connectivity index (χ3n) is 3.32. The number of carbonyl (C=O) groups excluding carboxylic acids is 1. The highest BCUT2D eigenvalue weighted by molar-refractivity contribution is 5.89. The Morgan fingerprint density at radius 2 is 1.82 bits per heavy atom. The lowest BCUT2D eigenvalue weighted by atomic mass is 10.1. The lowest BCUT2D eigenvalue weighted by molar-refractivity contribution is 0.136. The summed E-state index contributed by atoms with van der Waals surface area (Å²) in [5.41, 5.74) is 1.46. The number of amides is 2. The number of likely N-dealkylation sites (N-methyl/N-ethyl adjacent to an activating group) is 1. The lowest BCUT2D eigenvalue weighted by Gasteiger charge is -2.21. The number of methoxy groups -OCH3 is 1. The zero-order valence-electron chi connectivity index (χ0n) is 12.7. The molecular formula is C17H20N2O3. The van der Waals surface area contributed by atoms with Gasteiger partial charge in [-0.2, -0.15) is 0 Å². The predicted octanol–water partition coefficient (Wildman–Crippen LogP) is 2.89. The summed E-state index contributed by atoms with van der Waals surface area (Å²) in [7, 11) is 3.23. The molecule has 0 aliphatic carbocycles. The van der Waals surface area contributed by atoms with Crippen molar-refractivity contribution in [1.82, 2.24) is 4.90 Å². The van der Waals surface area contributed by atoms with Crippen LogP contribution in [0, 0.1) is 0 Å². The zero-order valence-corrected chi connectivity index (χ0v) is 12.7. The Labute approximate surface area is 130 Å². The summed E-state index contributed by atoms with van der Waals surface area (Å²) < 4.78 is 5.08. The Kier molecular flexibility index (Phi) is 5.38. The standard InChI is InChI=1S/C17H20N2O3/c1-19(17(21)18-14-6-4-3-5-7-14)12-16(20)13-8-10-15(22-2)11-9-13/h3-11,16,20H,12H2,1-2H3,(H,18,21). The quantitative estimate of drug-likeness (QED) is 0.892. The molecule has 0 bridgehead atoms. The van der Waals surface area contributed by atoms with E-state index in [1.807, 2.05) is 30.3 Å². The fourth-order valence-corrected chi connectivity index (χ4v) is 2.01. The van der Waals surface area contributed by atoms with E-state index in [1.165, 1.54) is 4.90 Å². The topological polar surface area (TPSA) is 61.8 Å². The number of anilines is 1. The summed E-state index contributed by atoms with van der Waals surface area (Å²) in [4.78, 5) is 13.5. The predicted molar refractivity (Wildman–Crippen MR) is 86.0 cm³/mol. The van der Waals surface area contributed by atoms with E-state index >= 15 is 0 Å². The molecule has 0 saturated heterocycles. The normalized spacial score (nSPS) is 11.6. The van der Waals surface area contributed by atoms with E-state index in [0.29, 0.717) is 0 Å². The third kappa shape index (κ3) is 4.23. The van der Waals surface area contributed by atoms with Gasteiger partial charge < -0.3 is 20.1 Å². The van der Waals surface area contributed by atoms with Crippen LogP contribution in [0.5, 0.6) is 5.75 Å². The van der Waals surface area contributed by atoms with Crippen molar-refractivity contribution in [3.63, 3.8) is 0 Å². The molecule has 2 aromatic rings. The minimum Gasteiger partial charge on any atom is -0.497 e. The van der Waals surface area contributed by atoms with E-state index in [-0.39, 0.29) is 12.6 Å². The van der Waals surface area contributed by atoms with Crippen LogP contribution in [0.3, 0.4) is 0 Å². The molecule has 1 unspecified atom stereocenters. The number of aliphatic hydroxyl groups is 1. The van der Waals surface area contributed by atoms with E-state index in [9.17, 15) is 9.90 Å². The number of hydrogen-bond donors (Lipinski definition) is 2. The van der Waals surface area contributed by atoms with Crippen LogP contribution in [0.25, 0.3) is 0 Å². The van der Waals surface area contributed by atoms with Gasteiger partial charge in [0.2, 0.25) is 0 Å². The van der Waals surface area contributed by atoms with Gasteiger partial charge in [-0.1, -0.05) is 30.3 Å².